The van der Waals surface area contributed by atoms with Crippen LogP contribution >= 0.6 is 11.6 Å². The van der Waals surface area contributed by atoms with E-state index in [0.29, 0.717) is 53.4 Å². The van der Waals surface area contributed by atoms with E-state index in [1.807, 2.05) is 36.4 Å². The molecule has 4 aliphatic heterocycles. The molecule has 0 saturated carbocycles. The highest BCUT2D eigenvalue weighted by Crippen LogP contribution is 2.41. The van der Waals surface area contributed by atoms with Crippen LogP contribution in [-0.4, -0.2) is 81.5 Å². The lowest BCUT2D eigenvalue weighted by molar-refractivity contribution is 0.107. The van der Waals surface area contributed by atoms with Crippen LogP contribution < -0.4 is 15.0 Å². The van der Waals surface area contributed by atoms with Crippen molar-refractivity contribution in [1.82, 2.24) is 25.2 Å². The number of piperazine rings is 1. The van der Waals surface area contributed by atoms with Crippen LogP contribution in [0.2, 0.25) is 5.02 Å². The number of fused-ring (bicyclic) bond motifs is 5. The summed E-state index contributed by atoms with van der Waals surface area (Å²) >= 11 is 6.60. The van der Waals surface area contributed by atoms with Gasteiger partial charge in [-0.25, -0.2) is 4.39 Å². The molecule has 4 aliphatic rings. The lowest BCUT2D eigenvalue weighted by atomic mass is 9.94. The summed E-state index contributed by atoms with van der Waals surface area (Å²) in [5.41, 5.74) is 0.785. The Labute approximate surface area is 242 Å². The predicted octanol–water partition coefficient (Wildman–Crippen LogP) is 4.56. The van der Waals surface area contributed by atoms with E-state index < -0.39 is 5.82 Å². The Morgan fingerprint density at radius 2 is 1.90 bits per heavy atom. The zero-order valence-electron chi connectivity index (χ0n) is 22.7. The Balaban J connectivity index is 1.25. The number of β-amino-alcohol motifs (C(OH)–C–C–N with tert-alkyl or cyclic N) is 1. The molecule has 0 amide bonds. The van der Waals surface area contributed by atoms with Crippen LogP contribution in [0.1, 0.15) is 32.1 Å². The Morgan fingerprint density at radius 3 is 2.73 bits per heavy atom. The number of ether oxygens (including phenoxy) is 1. The quantitative estimate of drug-likeness (QED) is 0.359. The lowest BCUT2D eigenvalue weighted by Crippen LogP contribution is -2.51. The molecule has 2 N–H and O–H groups in total. The van der Waals surface area contributed by atoms with Crippen LogP contribution in [0.4, 0.5) is 10.2 Å². The van der Waals surface area contributed by atoms with Crippen molar-refractivity contribution in [2.45, 2.75) is 55.8 Å². The molecule has 2 aromatic carbocycles. The zero-order valence-corrected chi connectivity index (χ0v) is 23.4. The van der Waals surface area contributed by atoms with E-state index in [9.17, 15) is 5.11 Å². The van der Waals surface area contributed by atoms with Crippen molar-refractivity contribution < 1.29 is 14.2 Å². The summed E-state index contributed by atoms with van der Waals surface area (Å²) in [6.45, 7) is 3.54. The summed E-state index contributed by atoms with van der Waals surface area (Å²) < 4.78 is 22.9. The molecule has 4 atom stereocenters. The predicted molar refractivity (Wildman–Crippen MR) is 157 cm³/mol. The maximum atomic E-state index is 16.6. The fourth-order valence-corrected chi connectivity index (χ4v) is 7.95. The van der Waals surface area contributed by atoms with Gasteiger partial charge in [0.2, 0.25) is 0 Å². The van der Waals surface area contributed by atoms with Gasteiger partial charge in [-0.2, -0.15) is 9.97 Å². The van der Waals surface area contributed by atoms with Crippen molar-refractivity contribution in [3.8, 4) is 17.3 Å². The smallest absolute Gasteiger partial charge is 0.319 e. The maximum Gasteiger partial charge on any atom is 0.319 e. The molecule has 4 aromatic rings. The second-order valence-electron chi connectivity index (χ2n) is 12.1. The molecule has 0 aliphatic carbocycles. The van der Waals surface area contributed by atoms with Crippen LogP contribution in [0.5, 0.6) is 6.01 Å². The minimum Gasteiger partial charge on any atom is -0.461 e. The lowest BCUT2D eigenvalue weighted by Gasteiger charge is -2.34. The Bertz CT molecular complexity index is 1650. The number of nitrogens with zero attached hydrogens (tertiary/aromatic N) is 5. The minimum absolute atomic E-state index is 0.160. The molecule has 8 nitrogen and oxygen atoms in total. The van der Waals surface area contributed by atoms with Crippen LogP contribution in [0, 0.1) is 5.82 Å². The molecule has 41 heavy (non-hydrogen) atoms. The molecule has 4 fully saturated rings. The van der Waals surface area contributed by atoms with Gasteiger partial charge in [0.05, 0.1) is 17.0 Å². The van der Waals surface area contributed by atoms with Gasteiger partial charge < -0.3 is 20.1 Å². The third-order valence-electron chi connectivity index (χ3n) is 9.53. The Hall–Kier alpha value is -3.11. The molecule has 2 bridgehead atoms. The first kappa shape index (κ1) is 25.6. The van der Waals surface area contributed by atoms with Crippen molar-refractivity contribution >= 4 is 39.1 Å². The number of benzene rings is 2. The van der Waals surface area contributed by atoms with E-state index >= 15 is 4.39 Å². The monoisotopic (exact) mass is 574 g/mol. The van der Waals surface area contributed by atoms with Crippen LogP contribution in [0.3, 0.4) is 0 Å². The van der Waals surface area contributed by atoms with Gasteiger partial charge in [0.25, 0.3) is 0 Å². The van der Waals surface area contributed by atoms with E-state index in [1.165, 1.54) is 0 Å². The van der Waals surface area contributed by atoms with Gasteiger partial charge in [0.15, 0.2) is 5.82 Å². The summed E-state index contributed by atoms with van der Waals surface area (Å²) in [5.74, 6) is 0.142. The van der Waals surface area contributed by atoms with Gasteiger partial charge in [0.1, 0.15) is 23.6 Å². The standard InChI is InChI=1S/C31H32ClFN6O2/c32-24-7-2-5-18-4-1-6-22(25(18)24)27-26(33)28-23(13-34-27)29(38-14-19-8-9-20(15-38)35-19)37-30(36-28)41-17-31-10-3-11-39(31)16-21(40)12-31/h1-2,4-7,13,19-21,35,40H,3,8-12,14-17H2. The molecular weight excluding hydrogens is 543 g/mol. The maximum absolute atomic E-state index is 16.6. The second kappa shape index (κ2) is 9.73. The minimum atomic E-state index is -0.515. The summed E-state index contributed by atoms with van der Waals surface area (Å²) in [4.78, 5) is 18.7. The van der Waals surface area contributed by atoms with Gasteiger partial charge >= 0.3 is 6.01 Å². The molecular formula is C31H32ClFN6O2. The van der Waals surface area contributed by atoms with E-state index in [2.05, 4.69) is 25.1 Å². The van der Waals surface area contributed by atoms with Crippen molar-refractivity contribution in [3.63, 3.8) is 0 Å². The highest BCUT2D eigenvalue weighted by molar-refractivity contribution is 6.36. The molecule has 4 unspecified atom stereocenters. The molecule has 4 saturated heterocycles. The number of aliphatic hydroxyl groups excluding tert-OH is 1. The number of aromatic nitrogens is 3. The topological polar surface area (TPSA) is 86.6 Å². The van der Waals surface area contributed by atoms with E-state index in [0.717, 1.165) is 56.1 Å². The molecule has 0 radical (unpaired) electrons. The number of halogens is 2. The van der Waals surface area contributed by atoms with Crippen molar-refractivity contribution in [2.75, 3.05) is 37.7 Å². The zero-order chi connectivity index (χ0) is 27.7. The Morgan fingerprint density at radius 1 is 1.10 bits per heavy atom. The normalized spacial score (nSPS) is 27.7. The number of nitrogens with one attached hydrogen (secondary N) is 1. The number of aliphatic hydroxyl groups is 1. The van der Waals surface area contributed by atoms with Crippen LogP contribution in [0.15, 0.2) is 42.6 Å². The first-order valence-electron chi connectivity index (χ1n) is 14.6. The number of rotatable bonds is 5. The second-order valence-corrected chi connectivity index (χ2v) is 12.5. The molecule has 10 heteroatoms. The first-order valence-corrected chi connectivity index (χ1v) is 15.0. The van der Waals surface area contributed by atoms with Crippen molar-refractivity contribution in [2.24, 2.45) is 0 Å². The average Bonchev–Trinajstić information content (AvgIpc) is 3.62. The molecule has 6 heterocycles. The molecule has 0 spiro atoms. The van der Waals surface area contributed by atoms with Gasteiger partial charge in [-0.1, -0.05) is 41.9 Å². The highest BCUT2D eigenvalue weighted by Gasteiger charge is 2.48. The summed E-state index contributed by atoms with van der Waals surface area (Å²) in [7, 11) is 0. The van der Waals surface area contributed by atoms with E-state index in [4.69, 9.17) is 21.3 Å². The fraction of sp³-hybridized carbons (Fsp3) is 0.452. The largest absolute Gasteiger partial charge is 0.461 e. The van der Waals surface area contributed by atoms with Gasteiger partial charge in [-0.3, -0.25) is 9.88 Å². The Kier molecular flexibility index (Phi) is 6.07. The van der Waals surface area contributed by atoms with Crippen molar-refractivity contribution in [1.29, 1.82) is 0 Å². The summed E-state index contributed by atoms with van der Waals surface area (Å²) in [6, 6.07) is 12.3. The molecule has 212 valence electrons. The van der Waals surface area contributed by atoms with Crippen LogP contribution in [0.25, 0.3) is 32.9 Å². The average molecular weight is 575 g/mol. The fourth-order valence-electron chi connectivity index (χ4n) is 7.67. The number of pyridine rings is 1. The van der Waals surface area contributed by atoms with E-state index in [-0.39, 0.29) is 28.9 Å². The number of hydrogen-bond acceptors (Lipinski definition) is 8. The van der Waals surface area contributed by atoms with Gasteiger partial charge in [0, 0.05) is 53.9 Å². The number of hydrogen-bond donors (Lipinski definition) is 2. The molecule has 2 aromatic heterocycles. The summed E-state index contributed by atoms with van der Waals surface area (Å²) in [5, 5.41) is 16.8. The van der Waals surface area contributed by atoms with E-state index in [1.54, 1.807) is 6.20 Å². The number of anilines is 1. The van der Waals surface area contributed by atoms with Gasteiger partial charge in [-0.15, -0.1) is 0 Å². The third-order valence-corrected chi connectivity index (χ3v) is 9.84. The summed E-state index contributed by atoms with van der Waals surface area (Å²) in [6.07, 6.45) is 6.26. The van der Waals surface area contributed by atoms with Crippen molar-refractivity contribution in [3.05, 3.63) is 53.4 Å². The third kappa shape index (κ3) is 4.24. The SMILES string of the molecule is OC1CN2CCCC2(COc2nc(N3CC4CCC(C3)N4)c3cnc(-c4cccc5cccc(Cl)c45)c(F)c3n2)C1. The molecule has 8 rings (SSSR count). The first-order chi connectivity index (χ1) is 20.0. The van der Waals surface area contributed by atoms with Crippen LogP contribution in [-0.2, 0) is 0 Å². The highest BCUT2D eigenvalue weighted by atomic mass is 35.5. The van der Waals surface area contributed by atoms with Gasteiger partial charge in [-0.05, 0) is 50.1 Å².